The number of ether oxygens (including phenoxy) is 1. The minimum Gasteiger partial charge on any atom is -0.456 e. The van der Waals surface area contributed by atoms with Crippen LogP contribution in [0.5, 0.6) is 11.5 Å². The van der Waals surface area contributed by atoms with Gasteiger partial charge in [0.15, 0.2) is 0 Å². The fourth-order valence-electron chi connectivity index (χ4n) is 2.96. The summed E-state index contributed by atoms with van der Waals surface area (Å²) >= 11 is 5.96. The number of hydrogen-bond donors (Lipinski definition) is 0. The molecule has 0 amide bonds. The first-order valence-corrected chi connectivity index (χ1v) is 8.87. The van der Waals surface area contributed by atoms with E-state index < -0.39 is 11.7 Å². The zero-order valence-corrected chi connectivity index (χ0v) is 15.3. The summed E-state index contributed by atoms with van der Waals surface area (Å²) in [6, 6.07) is 21.7. The van der Waals surface area contributed by atoms with Crippen molar-refractivity contribution in [2.75, 3.05) is 0 Å². The molecule has 0 N–H and O–H groups in total. The molecule has 0 aliphatic rings. The second kappa shape index (κ2) is 7.24. The zero-order chi connectivity index (χ0) is 19.7. The molecule has 0 unspecified atom stereocenters. The van der Waals surface area contributed by atoms with E-state index in [1.807, 2.05) is 30.5 Å². The molecule has 0 bridgehead atoms. The van der Waals surface area contributed by atoms with E-state index >= 15 is 0 Å². The number of halogens is 4. The Morgan fingerprint density at radius 1 is 0.964 bits per heavy atom. The highest BCUT2D eigenvalue weighted by Crippen LogP contribution is 2.37. The number of aromatic nitrogens is 1. The van der Waals surface area contributed by atoms with Gasteiger partial charge >= 0.3 is 6.18 Å². The van der Waals surface area contributed by atoms with E-state index in [1.165, 1.54) is 11.6 Å². The second-order valence-corrected chi connectivity index (χ2v) is 6.72. The first kappa shape index (κ1) is 18.4. The molecule has 0 aliphatic carbocycles. The highest BCUT2D eigenvalue weighted by Gasteiger charge is 2.31. The second-order valence-electron chi connectivity index (χ2n) is 6.31. The topological polar surface area (TPSA) is 14.2 Å². The zero-order valence-electron chi connectivity index (χ0n) is 14.5. The Hall–Kier alpha value is -2.92. The van der Waals surface area contributed by atoms with Gasteiger partial charge in [-0.25, -0.2) is 0 Å². The van der Waals surface area contributed by atoms with Crippen LogP contribution < -0.4 is 4.74 Å². The average molecular weight is 401 g/mol. The smallest absolute Gasteiger partial charge is 0.416 e. The quantitative estimate of drug-likeness (QED) is 0.361. The summed E-state index contributed by atoms with van der Waals surface area (Å²) < 4.78 is 46.0. The van der Waals surface area contributed by atoms with Gasteiger partial charge in [-0.2, -0.15) is 13.2 Å². The summed E-state index contributed by atoms with van der Waals surface area (Å²) in [6.07, 6.45) is -2.58. The summed E-state index contributed by atoms with van der Waals surface area (Å²) in [5, 5.41) is 0.747. The van der Waals surface area contributed by atoms with Crippen LogP contribution in [0.3, 0.4) is 0 Å². The normalized spacial score (nSPS) is 11.7. The lowest BCUT2D eigenvalue weighted by atomic mass is 10.2. The molecular weight excluding hydrogens is 387 g/mol. The molecule has 2 nitrogen and oxygen atoms in total. The first-order valence-electron chi connectivity index (χ1n) is 8.49. The van der Waals surface area contributed by atoms with E-state index in [4.69, 9.17) is 16.3 Å². The fourth-order valence-corrected chi connectivity index (χ4v) is 3.18. The van der Waals surface area contributed by atoms with Crippen LogP contribution in [0.1, 0.15) is 11.1 Å². The van der Waals surface area contributed by atoms with E-state index in [-0.39, 0.29) is 10.8 Å². The van der Waals surface area contributed by atoms with Gasteiger partial charge in [0.2, 0.25) is 0 Å². The average Bonchev–Trinajstić information content (AvgIpc) is 3.05. The summed E-state index contributed by atoms with van der Waals surface area (Å²) in [4.78, 5) is 0. The monoisotopic (exact) mass is 400 g/mol. The number of nitrogens with zero attached hydrogens (tertiary/aromatic N) is 1. The van der Waals surface area contributed by atoms with Crippen LogP contribution in [0, 0.1) is 6.07 Å². The third-order valence-electron chi connectivity index (χ3n) is 4.34. The predicted octanol–water partition coefficient (Wildman–Crippen LogP) is 6.95. The molecule has 4 rings (SSSR count). The van der Waals surface area contributed by atoms with Crippen molar-refractivity contribution in [2.45, 2.75) is 12.7 Å². The number of alkyl halides is 3. The van der Waals surface area contributed by atoms with Crippen molar-refractivity contribution < 1.29 is 17.9 Å². The molecule has 141 valence electrons. The minimum atomic E-state index is -4.45. The predicted molar refractivity (Wildman–Crippen MR) is 103 cm³/mol. The van der Waals surface area contributed by atoms with Gasteiger partial charge in [0.25, 0.3) is 0 Å². The maximum atomic E-state index is 12.8. The van der Waals surface area contributed by atoms with Crippen molar-refractivity contribution in [3.8, 4) is 11.5 Å². The molecule has 1 radical (unpaired) electrons. The summed E-state index contributed by atoms with van der Waals surface area (Å²) in [6.45, 7) is 0.714. The van der Waals surface area contributed by atoms with Crippen LogP contribution in [0.15, 0.2) is 72.9 Å². The molecule has 0 aliphatic heterocycles. The van der Waals surface area contributed by atoms with Gasteiger partial charge in [0.1, 0.15) is 11.5 Å². The minimum absolute atomic E-state index is 0.0967. The fraction of sp³-hybridized carbons (Fsp3) is 0.0909. The Morgan fingerprint density at radius 3 is 2.46 bits per heavy atom. The maximum absolute atomic E-state index is 12.8. The third kappa shape index (κ3) is 3.85. The summed E-state index contributed by atoms with van der Waals surface area (Å²) in [5.41, 5.74) is 1.34. The molecule has 4 aromatic rings. The lowest BCUT2D eigenvalue weighted by molar-refractivity contribution is -0.137. The van der Waals surface area contributed by atoms with Gasteiger partial charge < -0.3 is 9.30 Å². The Labute approximate surface area is 164 Å². The van der Waals surface area contributed by atoms with Crippen molar-refractivity contribution >= 4 is 22.5 Å². The Bertz CT molecular complexity index is 1120. The molecule has 0 spiro atoms. The lowest BCUT2D eigenvalue weighted by Crippen LogP contribution is -2.04. The SMILES string of the molecule is FC(F)(F)c1ccc(Oc2ccc3c([c]cn3Cc3ccccc3)c2)c(Cl)c1. The van der Waals surface area contributed by atoms with E-state index in [0.717, 1.165) is 23.0 Å². The van der Waals surface area contributed by atoms with Gasteiger partial charge in [-0.1, -0.05) is 41.9 Å². The molecule has 0 saturated heterocycles. The standard InChI is InChI=1S/C22H14ClF3NO/c23-19-13-17(22(24,25)26)6-9-21(19)28-18-7-8-20-16(12-18)10-11-27(20)14-15-4-2-1-3-5-15/h1-9,11-13H,14H2. The number of benzene rings is 3. The van der Waals surface area contributed by atoms with Crippen LogP contribution in [-0.2, 0) is 12.7 Å². The van der Waals surface area contributed by atoms with Crippen molar-refractivity contribution in [3.63, 3.8) is 0 Å². The van der Waals surface area contributed by atoms with Gasteiger partial charge in [0, 0.05) is 29.7 Å². The highest BCUT2D eigenvalue weighted by atomic mass is 35.5. The number of rotatable bonds is 4. The number of hydrogen-bond acceptors (Lipinski definition) is 1. The molecule has 0 fully saturated rings. The van der Waals surface area contributed by atoms with E-state index in [0.29, 0.717) is 12.3 Å². The lowest BCUT2D eigenvalue weighted by Gasteiger charge is -2.11. The van der Waals surface area contributed by atoms with E-state index in [9.17, 15) is 13.2 Å². The van der Waals surface area contributed by atoms with Gasteiger partial charge in [0.05, 0.1) is 10.6 Å². The van der Waals surface area contributed by atoms with Crippen LogP contribution in [0.4, 0.5) is 13.2 Å². The molecule has 1 aromatic heterocycles. The van der Waals surface area contributed by atoms with E-state index in [1.54, 1.807) is 12.1 Å². The Morgan fingerprint density at radius 2 is 1.75 bits per heavy atom. The number of fused-ring (bicyclic) bond motifs is 1. The third-order valence-corrected chi connectivity index (χ3v) is 4.63. The molecule has 0 atom stereocenters. The van der Waals surface area contributed by atoms with Crippen molar-refractivity contribution in [1.82, 2.24) is 4.57 Å². The van der Waals surface area contributed by atoms with Crippen molar-refractivity contribution in [1.29, 1.82) is 0 Å². The Kier molecular flexibility index (Phi) is 4.77. The molecule has 6 heteroatoms. The highest BCUT2D eigenvalue weighted by molar-refractivity contribution is 6.32. The molecule has 3 aromatic carbocycles. The summed E-state index contributed by atoms with van der Waals surface area (Å²) in [7, 11) is 0. The van der Waals surface area contributed by atoms with Crippen LogP contribution in [0.25, 0.3) is 10.9 Å². The largest absolute Gasteiger partial charge is 0.456 e. The van der Waals surface area contributed by atoms with Crippen molar-refractivity contribution in [3.05, 3.63) is 95.1 Å². The van der Waals surface area contributed by atoms with E-state index in [2.05, 4.69) is 22.8 Å². The molecular formula is C22H14ClF3NO. The molecule has 28 heavy (non-hydrogen) atoms. The van der Waals surface area contributed by atoms with Crippen LogP contribution >= 0.6 is 11.6 Å². The van der Waals surface area contributed by atoms with Crippen molar-refractivity contribution in [2.24, 2.45) is 0 Å². The van der Waals surface area contributed by atoms with Crippen LogP contribution in [0.2, 0.25) is 5.02 Å². The summed E-state index contributed by atoms with van der Waals surface area (Å²) in [5.74, 6) is 0.639. The molecule has 1 heterocycles. The first-order chi connectivity index (χ1) is 13.4. The maximum Gasteiger partial charge on any atom is 0.416 e. The molecule has 0 saturated carbocycles. The Balaban J connectivity index is 1.57. The van der Waals surface area contributed by atoms with Gasteiger partial charge in [-0.15, -0.1) is 0 Å². The van der Waals surface area contributed by atoms with Crippen LogP contribution in [-0.4, -0.2) is 4.57 Å². The van der Waals surface area contributed by atoms with Gasteiger partial charge in [-0.3, -0.25) is 0 Å². The van der Waals surface area contributed by atoms with Gasteiger partial charge in [-0.05, 0) is 42.0 Å².